The quantitative estimate of drug-likeness (QED) is 0.762. The highest BCUT2D eigenvalue weighted by Crippen LogP contribution is 2.26. The molecule has 0 fully saturated rings. The first kappa shape index (κ1) is 19.6. The van der Waals surface area contributed by atoms with E-state index in [0.717, 1.165) is 5.56 Å². The monoisotopic (exact) mass is 340 g/mol. The Morgan fingerprint density at radius 1 is 1.04 bits per heavy atom. The maximum atomic E-state index is 12.5. The molecule has 5 nitrogen and oxygen atoms in total. The molecule has 0 bridgehead atoms. The van der Waals surface area contributed by atoms with Crippen molar-refractivity contribution in [3.8, 4) is 0 Å². The molecule has 0 radical (unpaired) electrons. The van der Waals surface area contributed by atoms with Gasteiger partial charge >= 0.3 is 0 Å². The van der Waals surface area contributed by atoms with Crippen LogP contribution in [0.4, 0.5) is 0 Å². The Morgan fingerprint density at radius 3 is 2.00 bits per heavy atom. The van der Waals surface area contributed by atoms with Crippen LogP contribution in [-0.4, -0.2) is 33.7 Å². The lowest BCUT2D eigenvalue weighted by molar-refractivity contribution is -0.123. The van der Waals surface area contributed by atoms with Gasteiger partial charge in [-0.1, -0.05) is 52.0 Å². The molecule has 1 unspecified atom stereocenters. The first-order chi connectivity index (χ1) is 10.7. The zero-order valence-electron chi connectivity index (χ0n) is 14.6. The van der Waals surface area contributed by atoms with Gasteiger partial charge in [0.15, 0.2) is 0 Å². The maximum absolute atomic E-state index is 12.5. The van der Waals surface area contributed by atoms with Crippen molar-refractivity contribution < 1.29 is 13.2 Å². The number of hydrogen-bond acceptors (Lipinski definition) is 3. The van der Waals surface area contributed by atoms with E-state index >= 15 is 0 Å². The Labute approximate surface area is 139 Å². The number of carbonyl (C=O) groups is 1. The second kappa shape index (κ2) is 8.45. The summed E-state index contributed by atoms with van der Waals surface area (Å²) < 4.78 is 25.0. The van der Waals surface area contributed by atoms with Crippen LogP contribution >= 0.6 is 0 Å². The van der Waals surface area contributed by atoms with Crippen molar-refractivity contribution in [2.45, 2.75) is 39.5 Å². The Balaban J connectivity index is 2.79. The van der Waals surface area contributed by atoms with Gasteiger partial charge in [0.25, 0.3) is 0 Å². The van der Waals surface area contributed by atoms with Gasteiger partial charge in [-0.25, -0.2) is 13.1 Å². The molecule has 1 aromatic rings. The van der Waals surface area contributed by atoms with Gasteiger partial charge in [0.05, 0.1) is 11.7 Å². The fourth-order valence-corrected chi connectivity index (χ4v) is 3.02. The second-order valence-electron chi connectivity index (χ2n) is 6.36. The molecule has 0 heterocycles. The third kappa shape index (κ3) is 5.95. The van der Waals surface area contributed by atoms with Gasteiger partial charge < -0.3 is 5.32 Å². The van der Waals surface area contributed by atoms with E-state index in [1.54, 1.807) is 0 Å². The fraction of sp³-hybridized carbons (Fsp3) is 0.588. The molecule has 1 amide bonds. The minimum Gasteiger partial charge on any atom is -0.354 e. The minimum atomic E-state index is -3.31. The number of carbonyl (C=O) groups excluding carboxylic acids is 1. The van der Waals surface area contributed by atoms with E-state index < -0.39 is 10.0 Å². The molecule has 1 rings (SSSR count). The van der Waals surface area contributed by atoms with Gasteiger partial charge in [-0.3, -0.25) is 4.79 Å². The predicted octanol–water partition coefficient (Wildman–Crippen LogP) is 2.21. The summed E-state index contributed by atoms with van der Waals surface area (Å²) in [5, 5.41) is 2.73. The number of rotatable bonds is 8. The summed E-state index contributed by atoms with van der Waals surface area (Å²) in [5.74, 6) is 0.0341. The van der Waals surface area contributed by atoms with E-state index in [4.69, 9.17) is 0 Å². The average molecular weight is 340 g/mol. The Morgan fingerprint density at radius 2 is 1.57 bits per heavy atom. The zero-order valence-corrected chi connectivity index (χ0v) is 15.4. The molecule has 6 heteroatoms. The van der Waals surface area contributed by atoms with Crippen LogP contribution in [0.2, 0.25) is 0 Å². The van der Waals surface area contributed by atoms with E-state index in [-0.39, 0.29) is 30.0 Å². The highest BCUT2D eigenvalue weighted by molar-refractivity contribution is 7.89. The summed E-state index contributed by atoms with van der Waals surface area (Å²) in [6.45, 7) is 8.35. The number of nitrogens with one attached hydrogen (secondary N) is 2. The normalized spacial score (nSPS) is 13.3. The molecule has 1 aromatic carbocycles. The molecule has 0 aliphatic rings. The summed E-state index contributed by atoms with van der Waals surface area (Å²) in [4.78, 5) is 12.5. The van der Waals surface area contributed by atoms with Crippen LogP contribution < -0.4 is 10.0 Å². The van der Waals surface area contributed by atoms with Crippen molar-refractivity contribution in [2.75, 3.05) is 19.3 Å². The Hall–Kier alpha value is -1.40. The smallest absolute Gasteiger partial charge is 0.227 e. The lowest BCUT2D eigenvalue weighted by Crippen LogP contribution is -2.37. The molecule has 130 valence electrons. The molecule has 0 spiro atoms. The molecular weight excluding hydrogens is 312 g/mol. The molecule has 2 N–H and O–H groups in total. The van der Waals surface area contributed by atoms with Crippen molar-refractivity contribution >= 4 is 15.9 Å². The Bertz CT molecular complexity index is 607. The molecule has 0 aliphatic carbocycles. The summed E-state index contributed by atoms with van der Waals surface area (Å²) >= 11 is 0. The van der Waals surface area contributed by atoms with Gasteiger partial charge in [0, 0.05) is 6.54 Å². The highest BCUT2D eigenvalue weighted by atomic mass is 32.2. The SMILES string of the molecule is CNS(=O)(=O)CCNC(=O)C(c1ccc(C(C)C)cc1)C(C)C. The Kier molecular flexibility index (Phi) is 7.22. The minimum absolute atomic E-state index is 0.106. The van der Waals surface area contributed by atoms with E-state index in [1.807, 2.05) is 38.1 Å². The van der Waals surface area contributed by atoms with Crippen molar-refractivity contribution in [2.24, 2.45) is 5.92 Å². The van der Waals surface area contributed by atoms with Gasteiger partial charge in [-0.05, 0) is 30.0 Å². The molecular formula is C17H28N2O3S. The first-order valence-corrected chi connectivity index (χ1v) is 9.62. The van der Waals surface area contributed by atoms with Crippen molar-refractivity contribution in [3.63, 3.8) is 0 Å². The predicted molar refractivity (Wildman–Crippen MR) is 94.0 cm³/mol. The average Bonchev–Trinajstić information content (AvgIpc) is 2.47. The van der Waals surface area contributed by atoms with Crippen molar-refractivity contribution in [3.05, 3.63) is 35.4 Å². The lowest BCUT2D eigenvalue weighted by atomic mass is 9.86. The summed E-state index contributed by atoms with van der Waals surface area (Å²) in [7, 11) is -1.94. The van der Waals surface area contributed by atoms with E-state index in [9.17, 15) is 13.2 Å². The molecule has 0 aliphatic heterocycles. The van der Waals surface area contributed by atoms with E-state index in [0.29, 0.717) is 5.92 Å². The van der Waals surface area contributed by atoms with Crippen LogP contribution in [0.5, 0.6) is 0 Å². The maximum Gasteiger partial charge on any atom is 0.227 e. The van der Waals surface area contributed by atoms with Crippen LogP contribution in [0.15, 0.2) is 24.3 Å². The van der Waals surface area contributed by atoms with Crippen LogP contribution in [0.3, 0.4) is 0 Å². The fourth-order valence-electron chi connectivity index (χ4n) is 2.45. The number of sulfonamides is 1. The van der Waals surface area contributed by atoms with E-state index in [1.165, 1.54) is 12.6 Å². The van der Waals surface area contributed by atoms with Crippen LogP contribution in [0.1, 0.15) is 50.7 Å². The second-order valence-corrected chi connectivity index (χ2v) is 8.40. The zero-order chi connectivity index (χ0) is 17.6. The van der Waals surface area contributed by atoms with Crippen LogP contribution in [-0.2, 0) is 14.8 Å². The molecule has 0 saturated heterocycles. The topological polar surface area (TPSA) is 75.3 Å². The van der Waals surface area contributed by atoms with Gasteiger partial charge in [0.1, 0.15) is 0 Å². The third-order valence-corrected chi connectivity index (χ3v) is 5.26. The van der Waals surface area contributed by atoms with Gasteiger partial charge in [0.2, 0.25) is 15.9 Å². The van der Waals surface area contributed by atoms with E-state index in [2.05, 4.69) is 23.9 Å². The standard InChI is InChI=1S/C17H28N2O3S/c1-12(2)14-6-8-15(9-7-14)16(13(3)4)17(20)19-10-11-23(21,22)18-5/h6-9,12-13,16,18H,10-11H2,1-5H3,(H,19,20). The van der Waals surface area contributed by atoms with Crippen molar-refractivity contribution in [1.82, 2.24) is 10.0 Å². The first-order valence-electron chi connectivity index (χ1n) is 7.96. The largest absolute Gasteiger partial charge is 0.354 e. The van der Waals surface area contributed by atoms with Gasteiger partial charge in [-0.15, -0.1) is 0 Å². The van der Waals surface area contributed by atoms with Crippen LogP contribution in [0.25, 0.3) is 0 Å². The summed E-state index contributed by atoms with van der Waals surface area (Å²) in [5.41, 5.74) is 2.19. The van der Waals surface area contributed by atoms with Crippen LogP contribution in [0, 0.1) is 5.92 Å². The van der Waals surface area contributed by atoms with Gasteiger partial charge in [-0.2, -0.15) is 0 Å². The van der Waals surface area contributed by atoms with Crippen molar-refractivity contribution in [1.29, 1.82) is 0 Å². The number of benzene rings is 1. The lowest BCUT2D eigenvalue weighted by Gasteiger charge is -2.21. The molecule has 23 heavy (non-hydrogen) atoms. The molecule has 1 atom stereocenters. The molecule has 0 saturated carbocycles. The highest BCUT2D eigenvalue weighted by Gasteiger charge is 2.24. The number of hydrogen-bond donors (Lipinski definition) is 2. The number of amides is 1. The summed E-state index contributed by atoms with van der Waals surface area (Å²) in [6.07, 6.45) is 0. The molecule has 0 aromatic heterocycles. The summed E-state index contributed by atoms with van der Waals surface area (Å²) in [6, 6.07) is 8.08. The third-order valence-electron chi connectivity index (χ3n) is 3.89.